The van der Waals surface area contributed by atoms with Crippen molar-refractivity contribution in [2.75, 3.05) is 6.61 Å². The van der Waals surface area contributed by atoms with Gasteiger partial charge in [0.1, 0.15) is 5.82 Å². The number of carbonyl (C=O) groups is 1. The summed E-state index contributed by atoms with van der Waals surface area (Å²) in [5.74, 6) is 0.564. The fourth-order valence-electron chi connectivity index (χ4n) is 2.52. The molecule has 1 aromatic heterocycles. The normalized spacial score (nSPS) is 10.7. The molecule has 0 bridgehead atoms. The molecule has 0 saturated heterocycles. The number of aryl methyl sites for hydroxylation is 1. The number of hydrogen-bond acceptors (Lipinski definition) is 3. The van der Waals surface area contributed by atoms with Crippen LogP contribution >= 0.6 is 0 Å². The second-order valence-corrected chi connectivity index (χ2v) is 5.80. The molecule has 1 N–H and O–H groups in total. The number of nitrogens with zero attached hydrogens (tertiary/aromatic N) is 1. The Kier molecular flexibility index (Phi) is 4.75. The van der Waals surface area contributed by atoms with Crippen molar-refractivity contribution >= 4 is 17.0 Å². The molecule has 4 heteroatoms. The molecule has 0 amide bonds. The van der Waals surface area contributed by atoms with E-state index in [1.165, 1.54) is 5.56 Å². The molecule has 0 aliphatic rings. The van der Waals surface area contributed by atoms with Gasteiger partial charge in [-0.05, 0) is 36.6 Å². The summed E-state index contributed by atoms with van der Waals surface area (Å²) in [6.45, 7) is 5.58. The molecule has 0 unspecified atom stereocenters. The Morgan fingerprint density at radius 3 is 2.71 bits per heavy atom. The summed E-state index contributed by atoms with van der Waals surface area (Å²) in [7, 11) is 0. The van der Waals surface area contributed by atoms with Gasteiger partial charge in [0.15, 0.2) is 0 Å². The number of nitrogens with one attached hydrogen (secondary N) is 1. The van der Waals surface area contributed by atoms with E-state index in [-0.39, 0.29) is 5.97 Å². The number of imidazole rings is 1. The maximum atomic E-state index is 11.3. The minimum absolute atomic E-state index is 0.341. The van der Waals surface area contributed by atoms with E-state index in [1.54, 1.807) is 6.92 Å². The van der Waals surface area contributed by atoms with Crippen LogP contribution in [0.1, 0.15) is 19.2 Å². The maximum absolute atomic E-state index is 11.3. The van der Waals surface area contributed by atoms with Crippen molar-refractivity contribution in [3.63, 3.8) is 0 Å². The highest BCUT2D eigenvalue weighted by Crippen LogP contribution is 2.23. The topological polar surface area (TPSA) is 55.0 Å². The summed E-state index contributed by atoms with van der Waals surface area (Å²) < 4.78 is 5.10. The SMILES string of the molecule is C=C(C)C(=O)OCCCc1nc2ccc(-c3ccccc3)cc2[nH]1. The monoisotopic (exact) mass is 320 g/mol. The zero-order chi connectivity index (χ0) is 16.9. The second-order valence-electron chi connectivity index (χ2n) is 5.80. The Labute approximate surface area is 141 Å². The van der Waals surface area contributed by atoms with Gasteiger partial charge >= 0.3 is 5.97 Å². The molecule has 2 aromatic carbocycles. The van der Waals surface area contributed by atoms with Crippen LogP contribution in [0.5, 0.6) is 0 Å². The van der Waals surface area contributed by atoms with Gasteiger partial charge in [-0.1, -0.05) is 43.0 Å². The van der Waals surface area contributed by atoms with E-state index in [0.29, 0.717) is 12.2 Å². The minimum atomic E-state index is -0.341. The second kappa shape index (κ2) is 7.13. The van der Waals surface area contributed by atoms with Crippen molar-refractivity contribution in [3.05, 3.63) is 66.5 Å². The van der Waals surface area contributed by atoms with E-state index in [1.807, 2.05) is 24.3 Å². The number of esters is 1. The molecule has 122 valence electrons. The molecule has 3 rings (SSSR count). The highest BCUT2D eigenvalue weighted by atomic mass is 16.5. The van der Waals surface area contributed by atoms with Gasteiger partial charge in [0.2, 0.25) is 0 Å². The van der Waals surface area contributed by atoms with Crippen LogP contribution in [0.4, 0.5) is 0 Å². The van der Waals surface area contributed by atoms with Gasteiger partial charge in [0.05, 0.1) is 17.6 Å². The molecular weight excluding hydrogens is 300 g/mol. The molecule has 24 heavy (non-hydrogen) atoms. The Morgan fingerprint density at radius 1 is 1.17 bits per heavy atom. The van der Waals surface area contributed by atoms with Crippen molar-refractivity contribution in [2.45, 2.75) is 19.8 Å². The molecule has 3 aromatic rings. The zero-order valence-electron chi connectivity index (χ0n) is 13.7. The molecule has 0 atom stereocenters. The molecule has 0 spiro atoms. The van der Waals surface area contributed by atoms with Crippen LogP contribution in [0, 0.1) is 0 Å². The van der Waals surface area contributed by atoms with E-state index >= 15 is 0 Å². The van der Waals surface area contributed by atoms with Gasteiger partial charge in [0.25, 0.3) is 0 Å². The molecule has 0 aliphatic carbocycles. The minimum Gasteiger partial charge on any atom is -0.462 e. The number of carbonyl (C=O) groups excluding carboxylic acids is 1. The first kappa shape index (κ1) is 16.0. The first-order chi connectivity index (χ1) is 11.6. The lowest BCUT2D eigenvalue weighted by Crippen LogP contribution is -2.07. The maximum Gasteiger partial charge on any atom is 0.333 e. The molecule has 4 nitrogen and oxygen atoms in total. The van der Waals surface area contributed by atoms with Crippen LogP contribution < -0.4 is 0 Å². The van der Waals surface area contributed by atoms with Crippen LogP contribution in [0.3, 0.4) is 0 Å². The summed E-state index contributed by atoms with van der Waals surface area (Å²) in [5, 5.41) is 0. The number of H-pyrrole nitrogens is 1. The largest absolute Gasteiger partial charge is 0.462 e. The fourth-order valence-corrected chi connectivity index (χ4v) is 2.52. The Bertz CT molecular complexity index is 866. The van der Waals surface area contributed by atoms with Gasteiger partial charge in [0, 0.05) is 12.0 Å². The summed E-state index contributed by atoms with van der Waals surface area (Å²) in [5.41, 5.74) is 4.73. The van der Waals surface area contributed by atoms with Crippen LogP contribution in [0.25, 0.3) is 22.2 Å². The van der Waals surface area contributed by atoms with Gasteiger partial charge in [-0.25, -0.2) is 9.78 Å². The first-order valence-corrected chi connectivity index (χ1v) is 8.00. The van der Waals surface area contributed by atoms with Crippen LogP contribution in [0.15, 0.2) is 60.7 Å². The third-order valence-corrected chi connectivity index (χ3v) is 3.78. The third kappa shape index (κ3) is 3.71. The number of fused-ring (bicyclic) bond motifs is 1. The van der Waals surface area contributed by atoms with Crippen molar-refractivity contribution < 1.29 is 9.53 Å². The molecule has 0 aliphatic heterocycles. The summed E-state index contributed by atoms with van der Waals surface area (Å²) in [6, 6.07) is 16.5. The Hall–Kier alpha value is -2.88. The predicted octanol–water partition coefficient (Wildman–Crippen LogP) is 4.28. The van der Waals surface area contributed by atoms with Crippen LogP contribution in [0.2, 0.25) is 0 Å². The molecule has 1 heterocycles. The molecule has 0 saturated carbocycles. The van der Waals surface area contributed by atoms with Crippen molar-refractivity contribution in [1.29, 1.82) is 0 Å². The number of rotatable bonds is 6. The number of hydrogen-bond donors (Lipinski definition) is 1. The number of ether oxygens (including phenoxy) is 1. The lowest BCUT2D eigenvalue weighted by molar-refractivity contribution is -0.139. The standard InChI is InChI=1S/C20H20N2O2/c1-14(2)20(23)24-12-6-9-19-21-17-11-10-16(13-18(17)22-19)15-7-4-3-5-8-15/h3-5,7-8,10-11,13H,1,6,9,12H2,2H3,(H,21,22). The number of benzene rings is 2. The Balaban J connectivity index is 1.66. The van der Waals surface area contributed by atoms with Crippen molar-refractivity contribution in [1.82, 2.24) is 9.97 Å². The summed E-state index contributed by atoms with van der Waals surface area (Å²) in [4.78, 5) is 19.3. The third-order valence-electron chi connectivity index (χ3n) is 3.78. The van der Waals surface area contributed by atoms with E-state index < -0.39 is 0 Å². The summed E-state index contributed by atoms with van der Waals surface area (Å²) >= 11 is 0. The van der Waals surface area contributed by atoms with E-state index in [9.17, 15) is 4.79 Å². The van der Waals surface area contributed by atoms with Gasteiger partial charge in [-0.15, -0.1) is 0 Å². The summed E-state index contributed by atoms with van der Waals surface area (Å²) in [6.07, 6.45) is 1.46. The van der Waals surface area contributed by atoms with Crippen LogP contribution in [-0.2, 0) is 16.0 Å². The lowest BCUT2D eigenvalue weighted by atomic mass is 10.1. The average molecular weight is 320 g/mol. The number of aromatic amines is 1. The molecule has 0 radical (unpaired) electrons. The highest BCUT2D eigenvalue weighted by molar-refractivity contribution is 5.86. The zero-order valence-corrected chi connectivity index (χ0v) is 13.7. The highest BCUT2D eigenvalue weighted by Gasteiger charge is 2.06. The van der Waals surface area contributed by atoms with E-state index in [4.69, 9.17) is 4.74 Å². The quantitative estimate of drug-likeness (QED) is 0.419. The van der Waals surface area contributed by atoms with Crippen molar-refractivity contribution in [3.8, 4) is 11.1 Å². The Morgan fingerprint density at radius 2 is 1.96 bits per heavy atom. The molecular formula is C20H20N2O2. The first-order valence-electron chi connectivity index (χ1n) is 8.00. The predicted molar refractivity (Wildman–Crippen MR) is 95.6 cm³/mol. The van der Waals surface area contributed by atoms with Crippen molar-refractivity contribution in [2.24, 2.45) is 0 Å². The lowest BCUT2D eigenvalue weighted by Gasteiger charge is -2.02. The van der Waals surface area contributed by atoms with Gasteiger partial charge in [-0.3, -0.25) is 0 Å². The number of aromatic nitrogens is 2. The van der Waals surface area contributed by atoms with Gasteiger partial charge in [-0.2, -0.15) is 0 Å². The van der Waals surface area contributed by atoms with E-state index in [0.717, 1.165) is 35.3 Å². The average Bonchev–Trinajstić information content (AvgIpc) is 3.01. The van der Waals surface area contributed by atoms with Crippen LogP contribution in [-0.4, -0.2) is 22.5 Å². The van der Waals surface area contributed by atoms with Gasteiger partial charge < -0.3 is 9.72 Å². The fraction of sp³-hybridized carbons (Fsp3) is 0.200. The molecule has 0 fully saturated rings. The smallest absolute Gasteiger partial charge is 0.333 e. The van der Waals surface area contributed by atoms with E-state index in [2.05, 4.69) is 40.8 Å².